The van der Waals surface area contributed by atoms with Crippen LogP contribution in [0.4, 0.5) is 0 Å². The fraction of sp³-hybridized carbons (Fsp3) is 0.452. The number of nitrogens with zero attached hydrogens (tertiary/aromatic N) is 6. The van der Waals surface area contributed by atoms with Gasteiger partial charge in [0.25, 0.3) is 5.91 Å². The van der Waals surface area contributed by atoms with Crippen molar-refractivity contribution < 1.29 is 19.2 Å². The first kappa shape index (κ1) is 38.2. The quantitative estimate of drug-likeness (QED) is 0.138. The second-order valence-electron chi connectivity index (χ2n) is 15.5. The van der Waals surface area contributed by atoms with Gasteiger partial charge < -0.3 is 15.1 Å². The van der Waals surface area contributed by atoms with Crippen molar-refractivity contribution in [1.82, 2.24) is 35.2 Å². The van der Waals surface area contributed by atoms with Crippen molar-refractivity contribution in [2.75, 3.05) is 26.2 Å². The average Bonchev–Trinajstić information content (AvgIpc) is 3.80. The SMILES string of the molecule is Cc1sc2c(c1C)C(c1ccc(Cl)cc1)=N[C@@H](CC(=O)NCCCCCN1CCC(c3ccc4c(c3)CN(C3CCC(=O)NC3=O)C4=O)CC1)c1nnc(C)n1-2. The number of piperidine rings is 2. The van der Waals surface area contributed by atoms with Crippen molar-refractivity contribution in [3.8, 4) is 5.00 Å². The molecule has 2 N–H and O–H groups in total. The van der Waals surface area contributed by atoms with E-state index in [4.69, 9.17) is 16.6 Å². The standard InChI is InChI=1S/C42H47ClN8O4S/c1-24-25(2)56-42-37(24)38(28-7-10-31(43)11-8-28)45-33(39-48-47-26(3)51(39)42)22-36(53)44-17-5-4-6-18-49-19-15-27(16-20-49)29-9-12-32-30(21-29)23-50(41(32)55)34-13-14-35(52)46-40(34)54/h7-12,21,27,33-34H,4-6,13-20,22-23H2,1-3H3,(H,44,53)(H,46,52,54)/t33-,34?/m0/s1. The molecule has 4 aliphatic rings. The molecule has 4 aliphatic heterocycles. The van der Waals surface area contributed by atoms with Crippen molar-refractivity contribution in [2.24, 2.45) is 4.99 Å². The number of imide groups is 1. The van der Waals surface area contributed by atoms with Crippen molar-refractivity contribution in [3.05, 3.63) is 97.4 Å². The molecule has 4 amide bonds. The summed E-state index contributed by atoms with van der Waals surface area (Å²) in [7, 11) is 0. The molecular formula is C42H47ClN8O4S. The maximum absolute atomic E-state index is 13.4. The van der Waals surface area contributed by atoms with E-state index in [1.165, 1.54) is 10.4 Å². The van der Waals surface area contributed by atoms with Gasteiger partial charge in [-0.2, -0.15) is 0 Å². The predicted octanol–water partition coefficient (Wildman–Crippen LogP) is 6.12. The lowest BCUT2D eigenvalue weighted by Crippen LogP contribution is -2.52. The molecule has 8 rings (SSSR count). The van der Waals surface area contributed by atoms with E-state index in [1.807, 2.05) is 37.3 Å². The number of carbonyl (C=O) groups excluding carboxylic acids is 4. The summed E-state index contributed by atoms with van der Waals surface area (Å²) in [5.41, 5.74) is 6.88. The van der Waals surface area contributed by atoms with E-state index in [1.54, 1.807) is 16.2 Å². The average molecular weight is 795 g/mol. The van der Waals surface area contributed by atoms with Crippen LogP contribution in [0.5, 0.6) is 0 Å². The minimum atomic E-state index is -0.593. The smallest absolute Gasteiger partial charge is 0.255 e. The maximum Gasteiger partial charge on any atom is 0.255 e. The number of aromatic nitrogens is 3. The monoisotopic (exact) mass is 794 g/mol. The lowest BCUT2D eigenvalue weighted by molar-refractivity contribution is -0.137. The van der Waals surface area contributed by atoms with Gasteiger partial charge in [0, 0.05) is 46.1 Å². The van der Waals surface area contributed by atoms with Gasteiger partial charge in [-0.25, -0.2) is 0 Å². The lowest BCUT2D eigenvalue weighted by Gasteiger charge is -2.32. The Morgan fingerprint density at radius 2 is 1.77 bits per heavy atom. The summed E-state index contributed by atoms with van der Waals surface area (Å²) in [4.78, 5) is 61.1. The number of aryl methyl sites for hydroxylation is 2. The van der Waals surface area contributed by atoms with E-state index < -0.39 is 12.1 Å². The first-order valence-corrected chi connectivity index (χ1v) is 20.9. The molecule has 2 saturated heterocycles. The molecule has 292 valence electrons. The summed E-state index contributed by atoms with van der Waals surface area (Å²) < 4.78 is 2.07. The molecule has 12 nitrogen and oxygen atoms in total. The van der Waals surface area contributed by atoms with Crippen LogP contribution in [0, 0.1) is 20.8 Å². The number of nitrogens with one attached hydrogen (secondary N) is 2. The molecule has 6 heterocycles. The molecule has 2 atom stereocenters. The first-order chi connectivity index (χ1) is 27.0. The highest BCUT2D eigenvalue weighted by molar-refractivity contribution is 7.15. The minimum absolute atomic E-state index is 0.0544. The van der Waals surface area contributed by atoms with E-state index in [2.05, 4.69) is 56.3 Å². The molecule has 0 saturated carbocycles. The van der Waals surface area contributed by atoms with E-state index in [9.17, 15) is 19.2 Å². The molecule has 0 bridgehead atoms. The number of rotatable bonds is 11. The number of thiophene rings is 1. The fourth-order valence-corrected chi connectivity index (χ4v) is 9.92. The lowest BCUT2D eigenvalue weighted by atomic mass is 9.88. The number of hydrogen-bond acceptors (Lipinski definition) is 9. The Hall–Kier alpha value is -4.72. The summed E-state index contributed by atoms with van der Waals surface area (Å²) in [6, 6.07) is 12.8. The topological polar surface area (TPSA) is 142 Å². The number of amides is 4. The Morgan fingerprint density at radius 3 is 2.54 bits per heavy atom. The highest BCUT2D eigenvalue weighted by Gasteiger charge is 2.39. The maximum atomic E-state index is 13.4. The Labute approximate surface area is 335 Å². The van der Waals surface area contributed by atoms with Gasteiger partial charge in [0.15, 0.2) is 5.82 Å². The van der Waals surface area contributed by atoms with Crippen LogP contribution in [0.1, 0.15) is 118 Å². The number of fused-ring (bicyclic) bond motifs is 4. The number of carbonyl (C=O) groups is 4. The molecule has 0 radical (unpaired) electrons. The number of halogens is 1. The van der Waals surface area contributed by atoms with Crippen molar-refractivity contribution >= 4 is 52.3 Å². The van der Waals surface area contributed by atoms with Gasteiger partial charge in [0.05, 0.1) is 12.1 Å². The summed E-state index contributed by atoms with van der Waals surface area (Å²) >= 11 is 7.94. The van der Waals surface area contributed by atoms with Crippen LogP contribution in [0.2, 0.25) is 5.02 Å². The highest BCUT2D eigenvalue weighted by atomic mass is 35.5. The number of unbranched alkanes of at least 4 members (excludes halogenated alkanes) is 2. The van der Waals surface area contributed by atoms with Gasteiger partial charge in [0.2, 0.25) is 17.7 Å². The second-order valence-corrected chi connectivity index (χ2v) is 17.1. The molecule has 2 fully saturated rings. The molecule has 14 heteroatoms. The van der Waals surface area contributed by atoms with Crippen molar-refractivity contribution in [2.45, 2.75) is 96.7 Å². The Bertz CT molecular complexity index is 2220. The Balaban J connectivity index is 0.801. The highest BCUT2D eigenvalue weighted by Crippen LogP contribution is 2.40. The van der Waals surface area contributed by atoms with Crippen LogP contribution < -0.4 is 10.6 Å². The zero-order chi connectivity index (χ0) is 39.1. The number of hydrogen-bond donors (Lipinski definition) is 2. The zero-order valence-corrected chi connectivity index (χ0v) is 33.6. The summed E-state index contributed by atoms with van der Waals surface area (Å²) in [6.07, 6.45) is 5.91. The van der Waals surface area contributed by atoms with Crippen LogP contribution in [0.3, 0.4) is 0 Å². The van der Waals surface area contributed by atoms with E-state index in [-0.39, 0.29) is 36.5 Å². The summed E-state index contributed by atoms with van der Waals surface area (Å²) in [6.45, 7) is 10.3. The van der Waals surface area contributed by atoms with Gasteiger partial charge in [-0.3, -0.25) is 34.1 Å². The minimum Gasteiger partial charge on any atom is -0.356 e. The molecule has 0 spiro atoms. The number of benzene rings is 2. The summed E-state index contributed by atoms with van der Waals surface area (Å²) in [5.74, 6) is 1.04. The van der Waals surface area contributed by atoms with Gasteiger partial charge >= 0.3 is 0 Å². The number of likely N-dealkylation sites (tertiary alicyclic amines) is 1. The fourth-order valence-electron chi connectivity index (χ4n) is 8.58. The van der Waals surface area contributed by atoms with Crippen molar-refractivity contribution in [3.63, 3.8) is 0 Å². The molecule has 1 unspecified atom stereocenters. The Kier molecular flexibility index (Phi) is 10.9. The van der Waals surface area contributed by atoms with Gasteiger partial charge in [-0.05, 0) is 113 Å². The zero-order valence-electron chi connectivity index (χ0n) is 32.1. The third kappa shape index (κ3) is 7.56. The van der Waals surface area contributed by atoms with Gasteiger partial charge in [-0.1, -0.05) is 42.3 Å². The number of aliphatic imine (C=N–C) groups is 1. The summed E-state index contributed by atoms with van der Waals surface area (Å²) in [5, 5.41) is 16.1. The van der Waals surface area contributed by atoms with E-state index >= 15 is 0 Å². The van der Waals surface area contributed by atoms with E-state index in [0.717, 1.165) is 90.5 Å². The van der Waals surface area contributed by atoms with Crippen LogP contribution in [0.15, 0.2) is 47.5 Å². The van der Waals surface area contributed by atoms with Gasteiger partial charge in [0.1, 0.15) is 22.9 Å². The third-order valence-corrected chi connectivity index (χ3v) is 13.3. The van der Waals surface area contributed by atoms with Crippen LogP contribution in [-0.4, -0.2) is 86.1 Å². The third-order valence-electron chi connectivity index (χ3n) is 11.8. The first-order valence-electron chi connectivity index (χ1n) is 19.7. The molecule has 0 aliphatic carbocycles. The molecule has 4 aromatic rings. The Morgan fingerprint density at radius 1 is 0.982 bits per heavy atom. The van der Waals surface area contributed by atoms with Crippen LogP contribution in [0.25, 0.3) is 5.00 Å². The molecule has 2 aromatic carbocycles. The molecule has 56 heavy (non-hydrogen) atoms. The molecule has 2 aromatic heterocycles. The second kappa shape index (κ2) is 16.0. The van der Waals surface area contributed by atoms with Crippen LogP contribution >= 0.6 is 22.9 Å². The van der Waals surface area contributed by atoms with E-state index in [0.29, 0.717) is 41.8 Å². The normalized spacial score (nSPS) is 20.0. The largest absolute Gasteiger partial charge is 0.356 e. The van der Waals surface area contributed by atoms with Gasteiger partial charge in [-0.15, -0.1) is 21.5 Å². The predicted molar refractivity (Wildman–Crippen MR) is 216 cm³/mol. The molecular weight excluding hydrogens is 748 g/mol. The van der Waals surface area contributed by atoms with Crippen molar-refractivity contribution in [1.29, 1.82) is 0 Å². The van der Waals surface area contributed by atoms with Crippen LogP contribution in [-0.2, 0) is 20.9 Å².